The van der Waals surface area contributed by atoms with Gasteiger partial charge < -0.3 is 5.32 Å². The number of carbonyl (C=O) groups excluding carboxylic acids is 1. The molecule has 116 valence electrons. The lowest BCUT2D eigenvalue weighted by Gasteiger charge is -2.08. The molecule has 5 heteroatoms. The van der Waals surface area contributed by atoms with Crippen molar-refractivity contribution in [2.75, 3.05) is 11.1 Å². The highest BCUT2D eigenvalue weighted by atomic mass is 35.5. The molecule has 2 aromatic rings. The van der Waals surface area contributed by atoms with Crippen LogP contribution in [0.15, 0.2) is 36.4 Å². The zero-order chi connectivity index (χ0) is 16.1. The fraction of sp³-hybridized carbons (Fsp3) is 0.235. The van der Waals surface area contributed by atoms with Crippen LogP contribution in [0.1, 0.15) is 16.7 Å². The molecule has 0 spiro atoms. The predicted octanol–water partition coefficient (Wildman–Crippen LogP) is 5.48. The van der Waals surface area contributed by atoms with Crippen molar-refractivity contribution < 1.29 is 4.79 Å². The molecular weight excluding hydrogens is 337 g/mol. The van der Waals surface area contributed by atoms with Crippen LogP contribution in [0.25, 0.3) is 0 Å². The summed E-state index contributed by atoms with van der Waals surface area (Å²) in [4.78, 5) is 12.0. The van der Waals surface area contributed by atoms with Gasteiger partial charge in [0.15, 0.2) is 0 Å². The second-order valence-corrected chi connectivity index (χ2v) is 6.91. The van der Waals surface area contributed by atoms with Crippen LogP contribution in [0.5, 0.6) is 0 Å². The van der Waals surface area contributed by atoms with Gasteiger partial charge in [0.2, 0.25) is 5.91 Å². The highest BCUT2D eigenvalue weighted by Gasteiger charge is 2.08. The molecule has 1 N–H and O–H groups in total. The molecule has 0 fully saturated rings. The lowest BCUT2D eigenvalue weighted by molar-refractivity contribution is -0.113. The van der Waals surface area contributed by atoms with Gasteiger partial charge in [-0.1, -0.05) is 58.6 Å². The summed E-state index contributed by atoms with van der Waals surface area (Å²) in [7, 11) is 0. The number of rotatable bonds is 5. The largest absolute Gasteiger partial charge is 0.324 e. The van der Waals surface area contributed by atoms with E-state index in [1.54, 1.807) is 30.0 Å². The minimum atomic E-state index is -0.0847. The Morgan fingerprint density at radius 3 is 2.50 bits per heavy atom. The summed E-state index contributed by atoms with van der Waals surface area (Å²) in [6.45, 7) is 4.16. The van der Waals surface area contributed by atoms with E-state index in [-0.39, 0.29) is 5.91 Å². The number of hydrogen-bond donors (Lipinski definition) is 1. The minimum Gasteiger partial charge on any atom is -0.324 e. The Labute approximate surface area is 145 Å². The SMILES string of the molecule is Cc1cc(C)cc(CSCC(=O)Nc2cccc(Cl)c2Cl)c1. The molecule has 2 aromatic carbocycles. The van der Waals surface area contributed by atoms with Crippen LogP contribution in [0.2, 0.25) is 10.0 Å². The molecule has 0 saturated carbocycles. The molecule has 0 bridgehead atoms. The number of halogens is 2. The topological polar surface area (TPSA) is 29.1 Å². The van der Waals surface area contributed by atoms with Crippen LogP contribution in [0.4, 0.5) is 5.69 Å². The molecule has 0 heterocycles. The van der Waals surface area contributed by atoms with Gasteiger partial charge in [0.1, 0.15) is 0 Å². The standard InChI is InChI=1S/C17H17Cl2NOS/c1-11-6-12(2)8-13(7-11)9-22-10-16(21)20-15-5-3-4-14(18)17(15)19/h3-8H,9-10H2,1-2H3,(H,20,21). The van der Waals surface area contributed by atoms with E-state index in [2.05, 4.69) is 37.4 Å². The van der Waals surface area contributed by atoms with Crippen LogP contribution in [0.3, 0.4) is 0 Å². The van der Waals surface area contributed by atoms with E-state index < -0.39 is 0 Å². The van der Waals surface area contributed by atoms with Crippen molar-refractivity contribution in [1.29, 1.82) is 0 Å². The van der Waals surface area contributed by atoms with Crippen molar-refractivity contribution in [2.24, 2.45) is 0 Å². The summed E-state index contributed by atoms with van der Waals surface area (Å²) in [6.07, 6.45) is 0. The van der Waals surface area contributed by atoms with Crippen LogP contribution in [-0.4, -0.2) is 11.7 Å². The Hall–Kier alpha value is -1.16. The summed E-state index contributed by atoms with van der Waals surface area (Å²) < 4.78 is 0. The highest BCUT2D eigenvalue weighted by molar-refractivity contribution is 7.99. The van der Waals surface area contributed by atoms with Crippen molar-refractivity contribution in [3.8, 4) is 0 Å². The minimum absolute atomic E-state index is 0.0847. The molecule has 2 rings (SSSR count). The Bertz CT molecular complexity index is 668. The first-order chi connectivity index (χ1) is 10.5. The smallest absolute Gasteiger partial charge is 0.234 e. The third kappa shape index (κ3) is 4.94. The normalized spacial score (nSPS) is 10.5. The molecule has 0 aliphatic rings. The van der Waals surface area contributed by atoms with Gasteiger partial charge in [0, 0.05) is 5.75 Å². The van der Waals surface area contributed by atoms with Gasteiger partial charge in [-0.3, -0.25) is 4.79 Å². The maximum atomic E-state index is 12.0. The number of amides is 1. The first kappa shape index (κ1) is 17.2. The molecule has 0 aliphatic heterocycles. The number of nitrogens with one attached hydrogen (secondary N) is 1. The van der Waals surface area contributed by atoms with Crippen molar-refractivity contribution in [2.45, 2.75) is 19.6 Å². The van der Waals surface area contributed by atoms with Crippen LogP contribution in [0, 0.1) is 13.8 Å². The van der Waals surface area contributed by atoms with E-state index in [0.717, 1.165) is 5.75 Å². The highest BCUT2D eigenvalue weighted by Crippen LogP contribution is 2.29. The zero-order valence-electron chi connectivity index (χ0n) is 12.5. The van der Waals surface area contributed by atoms with Crippen LogP contribution >= 0.6 is 35.0 Å². The lowest BCUT2D eigenvalue weighted by atomic mass is 10.1. The van der Waals surface area contributed by atoms with Gasteiger partial charge >= 0.3 is 0 Å². The second kappa shape index (κ2) is 7.91. The van der Waals surface area contributed by atoms with Gasteiger partial charge in [-0.25, -0.2) is 0 Å². The van der Waals surface area contributed by atoms with Gasteiger partial charge in [-0.15, -0.1) is 11.8 Å². The van der Waals surface area contributed by atoms with Gasteiger partial charge in [0.05, 0.1) is 21.5 Å². The fourth-order valence-corrected chi connectivity index (χ4v) is 3.31. The number of thioether (sulfide) groups is 1. The second-order valence-electron chi connectivity index (χ2n) is 5.14. The average molecular weight is 354 g/mol. The van der Waals surface area contributed by atoms with E-state index in [4.69, 9.17) is 23.2 Å². The first-order valence-corrected chi connectivity index (χ1v) is 8.75. The summed E-state index contributed by atoms with van der Waals surface area (Å²) >= 11 is 13.5. The lowest BCUT2D eigenvalue weighted by Crippen LogP contribution is -2.14. The molecule has 0 atom stereocenters. The quantitative estimate of drug-likeness (QED) is 0.770. The Morgan fingerprint density at radius 1 is 1.14 bits per heavy atom. The predicted molar refractivity (Wildman–Crippen MR) is 97.2 cm³/mol. The van der Waals surface area contributed by atoms with E-state index >= 15 is 0 Å². The first-order valence-electron chi connectivity index (χ1n) is 6.84. The number of carbonyl (C=O) groups is 1. The Morgan fingerprint density at radius 2 is 1.82 bits per heavy atom. The molecule has 0 aliphatic carbocycles. The molecule has 2 nitrogen and oxygen atoms in total. The van der Waals surface area contributed by atoms with Crippen molar-refractivity contribution in [3.05, 3.63) is 63.1 Å². The molecule has 0 saturated heterocycles. The van der Waals surface area contributed by atoms with E-state index in [9.17, 15) is 4.79 Å². The Balaban J connectivity index is 1.86. The van der Waals surface area contributed by atoms with Crippen molar-refractivity contribution in [1.82, 2.24) is 0 Å². The van der Waals surface area contributed by atoms with Crippen LogP contribution < -0.4 is 5.32 Å². The molecule has 1 amide bonds. The monoisotopic (exact) mass is 353 g/mol. The summed E-state index contributed by atoms with van der Waals surface area (Å²) in [5.74, 6) is 1.09. The third-order valence-corrected chi connectivity index (χ3v) is 4.83. The Kier molecular flexibility index (Phi) is 6.18. The maximum Gasteiger partial charge on any atom is 0.234 e. The van der Waals surface area contributed by atoms with Crippen molar-refractivity contribution >= 4 is 46.6 Å². The summed E-state index contributed by atoms with van der Waals surface area (Å²) in [6, 6.07) is 11.6. The van der Waals surface area contributed by atoms with Crippen molar-refractivity contribution in [3.63, 3.8) is 0 Å². The van der Waals surface area contributed by atoms with E-state index in [1.807, 2.05) is 0 Å². The third-order valence-electron chi connectivity index (χ3n) is 3.01. The maximum absolute atomic E-state index is 12.0. The van der Waals surface area contributed by atoms with E-state index in [1.165, 1.54) is 16.7 Å². The molecular formula is C17H17Cl2NOS. The number of hydrogen-bond acceptors (Lipinski definition) is 2. The van der Waals surface area contributed by atoms with Gasteiger partial charge in [0.25, 0.3) is 0 Å². The van der Waals surface area contributed by atoms with Crippen LogP contribution in [-0.2, 0) is 10.5 Å². The molecule has 0 aromatic heterocycles. The molecule has 22 heavy (non-hydrogen) atoms. The molecule has 0 radical (unpaired) electrons. The number of aryl methyl sites for hydroxylation is 2. The number of benzene rings is 2. The molecule has 0 unspecified atom stereocenters. The summed E-state index contributed by atoms with van der Waals surface area (Å²) in [5, 5.41) is 3.59. The van der Waals surface area contributed by atoms with Gasteiger partial charge in [-0.05, 0) is 31.5 Å². The van der Waals surface area contributed by atoms with Gasteiger partial charge in [-0.2, -0.15) is 0 Å². The zero-order valence-corrected chi connectivity index (χ0v) is 14.8. The average Bonchev–Trinajstić information content (AvgIpc) is 2.43. The summed E-state index contributed by atoms with van der Waals surface area (Å²) in [5.41, 5.74) is 4.26. The fourth-order valence-electron chi connectivity index (χ4n) is 2.20. The number of anilines is 1. The van der Waals surface area contributed by atoms with E-state index in [0.29, 0.717) is 21.5 Å².